The van der Waals surface area contributed by atoms with Gasteiger partial charge in [-0.3, -0.25) is 0 Å². The van der Waals surface area contributed by atoms with Gasteiger partial charge in [-0.1, -0.05) is 0 Å². The quantitative estimate of drug-likeness (QED) is 0.324. The molecule has 12 heavy (non-hydrogen) atoms. The van der Waals surface area contributed by atoms with E-state index >= 15 is 0 Å². The van der Waals surface area contributed by atoms with Crippen molar-refractivity contribution in [2.75, 3.05) is 0 Å². The average molecular weight is 507 g/mol. The Kier molecular flexibility index (Phi) is 6.30. The molecule has 0 amide bonds. The molecular formula is C5H5N3O2W2. The number of carbonyl (C=O) groups excluding carboxylic acids is 1. The third kappa shape index (κ3) is 4.68. The zero-order chi connectivity index (χ0) is 9.56. The second-order valence-corrected chi connectivity index (χ2v) is 4.37. The number of nitrogens with one attached hydrogen (secondary N) is 1. The SMILES string of the molecule is C[C](=[W])N=C([N]=[W])C(=N)OC=O. The summed E-state index contributed by atoms with van der Waals surface area (Å²) in [6.45, 7) is 2.00. The number of hydrogen-bond donors (Lipinski definition) is 1. The summed E-state index contributed by atoms with van der Waals surface area (Å²) in [5, 5.41) is 7.17. The first-order chi connectivity index (χ1) is 5.61. The van der Waals surface area contributed by atoms with Crippen LogP contribution in [0.5, 0.6) is 0 Å². The van der Waals surface area contributed by atoms with Gasteiger partial charge in [0.25, 0.3) is 0 Å². The Balaban J connectivity index is 4.55. The summed E-state index contributed by atoms with van der Waals surface area (Å²) in [6.07, 6.45) is 0. The fraction of sp³-hybridized carbons (Fsp3) is 0.200. The Hall–Kier alpha value is -0.143. The van der Waals surface area contributed by atoms with E-state index in [-0.39, 0.29) is 18.2 Å². The number of hydrogen-bond acceptors (Lipinski definition) is 4. The van der Waals surface area contributed by atoms with Crippen LogP contribution in [0, 0.1) is 5.41 Å². The van der Waals surface area contributed by atoms with E-state index in [1.165, 1.54) is 19.4 Å². The van der Waals surface area contributed by atoms with E-state index in [1.54, 1.807) is 0 Å². The van der Waals surface area contributed by atoms with Gasteiger partial charge in [-0.15, -0.1) is 0 Å². The molecule has 0 rings (SSSR count). The summed E-state index contributed by atoms with van der Waals surface area (Å²) in [4.78, 5) is 13.8. The van der Waals surface area contributed by atoms with Gasteiger partial charge in [0.1, 0.15) is 0 Å². The summed E-state index contributed by atoms with van der Waals surface area (Å²) in [5.74, 6) is -0.134. The monoisotopic (exact) mass is 507 g/mol. The normalized spacial score (nSPS) is 10.2. The Labute approximate surface area is 91.3 Å². The molecule has 0 radical (unpaired) electrons. The summed E-state index contributed by atoms with van der Waals surface area (Å²) < 4.78 is 8.89. The van der Waals surface area contributed by atoms with Gasteiger partial charge in [-0.05, 0) is 0 Å². The minimum absolute atomic E-state index is 0.171. The maximum absolute atomic E-state index is 9.87. The first-order valence-corrected chi connectivity index (χ1v) is 5.51. The summed E-state index contributed by atoms with van der Waals surface area (Å²) in [6, 6.07) is 0. The molecule has 0 saturated heterocycles. The molecule has 0 saturated carbocycles. The van der Waals surface area contributed by atoms with Crippen molar-refractivity contribution >= 4 is 22.2 Å². The molecule has 0 aromatic heterocycles. The van der Waals surface area contributed by atoms with E-state index in [4.69, 9.17) is 5.41 Å². The predicted octanol–water partition coefficient (Wildman–Crippen LogP) is -0.0378. The predicted molar refractivity (Wildman–Crippen MR) is 35.4 cm³/mol. The molecule has 5 nitrogen and oxygen atoms in total. The van der Waals surface area contributed by atoms with Gasteiger partial charge in [0.05, 0.1) is 0 Å². The van der Waals surface area contributed by atoms with E-state index in [2.05, 4.69) is 13.2 Å². The van der Waals surface area contributed by atoms with Crippen LogP contribution in [0.4, 0.5) is 0 Å². The maximum atomic E-state index is 9.87. The average Bonchev–Trinajstić information content (AvgIpc) is 2.00. The van der Waals surface area contributed by atoms with Crippen LogP contribution in [0.1, 0.15) is 6.92 Å². The van der Waals surface area contributed by atoms with Crippen molar-refractivity contribution in [1.82, 2.24) is 0 Å². The Morgan fingerprint density at radius 2 is 2.25 bits per heavy atom. The first kappa shape index (κ1) is 11.9. The van der Waals surface area contributed by atoms with Gasteiger partial charge in [-0.2, -0.15) is 0 Å². The van der Waals surface area contributed by atoms with E-state index in [1.807, 2.05) is 6.92 Å². The molecule has 0 aliphatic rings. The number of amidine groups is 1. The third-order valence-electron chi connectivity index (χ3n) is 0.719. The fourth-order valence-electron chi connectivity index (χ4n) is 0.363. The number of nitrogens with zero attached hydrogens (tertiary/aromatic N) is 2. The zero-order valence-corrected chi connectivity index (χ0v) is 12.0. The molecule has 0 atom stereocenters. The molecule has 7 heteroatoms. The van der Waals surface area contributed by atoms with Crippen molar-refractivity contribution in [3.63, 3.8) is 0 Å². The Bertz CT molecular complexity index is 261. The minimum atomic E-state index is -0.305. The first-order valence-electron chi connectivity index (χ1n) is 2.73. The zero-order valence-electron chi connectivity index (χ0n) is 6.10. The molecule has 0 fully saturated rings. The third-order valence-corrected chi connectivity index (χ3v) is 1.67. The molecule has 0 bridgehead atoms. The number of ether oxygens (including phenoxy) is 1. The molecule has 0 aromatic carbocycles. The van der Waals surface area contributed by atoms with Crippen molar-refractivity contribution in [3.05, 3.63) is 0 Å². The van der Waals surface area contributed by atoms with Crippen LogP contribution in [0.3, 0.4) is 0 Å². The van der Waals surface area contributed by atoms with E-state index in [9.17, 15) is 4.79 Å². The topological polar surface area (TPSA) is 74.9 Å². The van der Waals surface area contributed by atoms with E-state index in [0.29, 0.717) is 0 Å². The van der Waals surface area contributed by atoms with E-state index < -0.39 is 0 Å². The Morgan fingerprint density at radius 1 is 1.67 bits per heavy atom. The van der Waals surface area contributed by atoms with Crippen LogP contribution in [0.15, 0.2) is 8.49 Å². The molecule has 0 spiro atoms. The van der Waals surface area contributed by atoms with Crippen LogP contribution in [-0.2, 0) is 48.5 Å². The van der Waals surface area contributed by atoms with Gasteiger partial charge < -0.3 is 0 Å². The second kappa shape index (κ2) is 6.38. The second-order valence-electron chi connectivity index (χ2n) is 1.59. The summed E-state index contributed by atoms with van der Waals surface area (Å²) >= 11 is 2.11. The molecule has 0 aliphatic carbocycles. The van der Waals surface area contributed by atoms with E-state index in [0.717, 1.165) is 23.7 Å². The Morgan fingerprint density at radius 3 is 2.58 bits per heavy atom. The van der Waals surface area contributed by atoms with Crippen molar-refractivity contribution in [2.45, 2.75) is 6.92 Å². The molecule has 0 aromatic rings. The van der Waals surface area contributed by atoms with Gasteiger partial charge in [0.15, 0.2) is 0 Å². The standard InChI is InChI=1S/C5H5N3O2.2W/c1-2-8-4(6)5(7)10-3-9;;/h3,7H,1H3;;. The molecule has 0 unspecified atom stereocenters. The van der Waals surface area contributed by atoms with Crippen LogP contribution in [0.25, 0.3) is 0 Å². The molecule has 0 aliphatic heterocycles. The van der Waals surface area contributed by atoms with Gasteiger partial charge >= 0.3 is 91.6 Å². The molecular weight excluding hydrogens is 502 g/mol. The van der Waals surface area contributed by atoms with Crippen LogP contribution >= 0.6 is 0 Å². The van der Waals surface area contributed by atoms with Crippen molar-refractivity contribution in [2.24, 2.45) is 8.49 Å². The van der Waals surface area contributed by atoms with Crippen LogP contribution in [0.2, 0.25) is 0 Å². The van der Waals surface area contributed by atoms with Crippen LogP contribution in [-0.4, -0.2) is 22.2 Å². The number of carbonyl (C=O) groups is 1. The van der Waals surface area contributed by atoms with Crippen molar-refractivity contribution in [3.8, 4) is 0 Å². The molecule has 0 heterocycles. The van der Waals surface area contributed by atoms with Crippen molar-refractivity contribution in [1.29, 1.82) is 5.41 Å². The summed E-state index contributed by atoms with van der Waals surface area (Å²) in [5.41, 5.74) is 0. The fourth-order valence-corrected chi connectivity index (χ4v) is 1.12. The molecule has 64 valence electrons. The molecule has 1 N–H and O–H groups in total. The van der Waals surface area contributed by atoms with Crippen LogP contribution < -0.4 is 0 Å². The summed E-state index contributed by atoms with van der Waals surface area (Å²) in [7, 11) is 0. The van der Waals surface area contributed by atoms with Gasteiger partial charge in [0.2, 0.25) is 0 Å². The number of aliphatic imine (C=N–C) groups is 1. The van der Waals surface area contributed by atoms with Crippen molar-refractivity contribution < 1.29 is 48.5 Å². The van der Waals surface area contributed by atoms with Gasteiger partial charge in [0, 0.05) is 0 Å². The van der Waals surface area contributed by atoms with Gasteiger partial charge in [-0.25, -0.2) is 0 Å². The number of rotatable bonds is 2.